The zero-order chi connectivity index (χ0) is 16.7. The van der Waals surface area contributed by atoms with Gasteiger partial charge in [-0.3, -0.25) is 9.59 Å². The van der Waals surface area contributed by atoms with Crippen LogP contribution in [-0.2, 0) is 19.1 Å². The molecule has 7 heteroatoms. The lowest BCUT2D eigenvalue weighted by atomic mass is 10.0. The second kappa shape index (κ2) is 8.53. The molecule has 120 valence electrons. The third-order valence-corrected chi connectivity index (χ3v) is 3.56. The number of rotatable bonds is 6. The highest BCUT2D eigenvalue weighted by Gasteiger charge is 2.27. The topological polar surface area (TPSA) is 81.7 Å². The predicted octanol–water partition coefficient (Wildman–Crippen LogP) is 1.92. The molecule has 1 aromatic rings. The fourth-order valence-electron chi connectivity index (χ4n) is 1.88. The first-order valence-electron chi connectivity index (χ1n) is 6.61. The van der Waals surface area contributed by atoms with E-state index in [1.165, 1.54) is 14.2 Å². The molecule has 1 amide bonds. The molecule has 0 aliphatic rings. The van der Waals surface area contributed by atoms with Crippen molar-refractivity contribution in [2.75, 3.05) is 14.2 Å². The molecule has 1 aromatic carbocycles. The first kappa shape index (κ1) is 18.2. The van der Waals surface area contributed by atoms with Crippen LogP contribution in [0.4, 0.5) is 0 Å². The van der Waals surface area contributed by atoms with Crippen LogP contribution >= 0.6 is 15.9 Å². The smallest absolute Gasteiger partial charge is 0.328 e. The third-order valence-electron chi connectivity index (χ3n) is 3.07. The minimum atomic E-state index is -0.925. The Hall–Kier alpha value is -1.89. The van der Waals surface area contributed by atoms with Gasteiger partial charge in [0.15, 0.2) is 0 Å². The summed E-state index contributed by atoms with van der Waals surface area (Å²) in [7, 11) is 2.50. The van der Waals surface area contributed by atoms with Crippen LogP contribution in [0.15, 0.2) is 28.7 Å². The summed E-state index contributed by atoms with van der Waals surface area (Å²) >= 11 is 3.28. The summed E-state index contributed by atoms with van der Waals surface area (Å²) in [6.07, 6.45) is 0.0963. The van der Waals surface area contributed by atoms with Crippen molar-refractivity contribution in [1.82, 2.24) is 5.32 Å². The Morgan fingerprint density at radius 1 is 1.18 bits per heavy atom. The van der Waals surface area contributed by atoms with Crippen molar-refractivity contribution < 1.29 is 23.9 Å². The SMILES string of the molecule is COC(=O)[C@H](C)C[C@@H](NC(=O)c1cccc(Br)c1)C(=O)OC. The molecule has 2 atom stereocenters. The van der Waals surface area contributed by atoms with Crippen molar-refractivity contribution in [3.63, 3.8) is 0 Å². The van der Waals surface area contributed by atoms with E-state index in [-0.39, 0.29) is 6.42 Å². The van der Waals surface area contributed by atoms with Gasteiger partial charge in [-0.25, -0.2) is 4.79 Å². The van der Waals surface area contributed by atoms with Gasteiger partial charge in [-0.05, 0) is 24.6 Å². The maximum absolute atomic E-state index is 12.2. The van der Waals surface area contributed by atoms with Gasteiger partial charge in [0.05, 0.1) is 20.1 Å². The number of nitrogens with one attached hydrogen (secondary N) is 1. The summed E-state index contributed by atoms with van der Waals surface area (Å²) in [5, 5.41) is 2.58. The van der Waals surface area contributed by atoms with Crippen LogP contribution in [0, 0.1) is 5.92 Å². The van der Waals surface area contributed by atoms with Crippen LogP contribution < -0.4 is 5.32 Å². The fraction of sp³-hybridized carbons (Fsp3) is 0.400. The van der Waals surface area contributed by atoms with Crippen LogP contribution in [0.3, 0.4) is 0 Å². The molecule has 0 aromatic heterocycles. The number of ether oxygens (including phenoxy) is 2. The third kappa shape index (κ3) is 5.14. The number of amides is 1. The van der Waals surface area contributed by atoms with Crippen LogP contribution in [0.25, 0.3) is 0 Å². The van der Waals surface area contributed by atoms with Gasteiger partial charge >= 0.3 is 11.9 Å². The zero-order valence-corrected chi connectivity index (χ0v) is 14.2. The quantitative estimate of drug-likeness (QED) is 0.772. The standard InChI is InChI=1S/C15H18BrNO5/c1-9(14(19)21-2)7-12(15(20)22-3)17-13(18)10-5-4-6-11(16)8-10/h4-6,8-9,12H,7H2,1-3H3,(H,17,18)/t9-,12-/m1/s1. The number of esters is 2. The second-order valence-corrected chi connectivity index (χ2v) is 5.64. The number of methoxy groups -OCH3 is 2. The lowest BCUT2D eigenvalue weighted by molar-refractivity contribution is -0.147. The molecule has 1 rings (SSSR count). The molecule has 0 radical (unpaired) electrons. The van der Waals surface area contributed by atoms with E-state index >= 15 is 0 Å². The average molecular weight is 372 g/mol. The first-order chi connectivity index (χ1) is 10.4. The Bertz CT molecular complexity index is 561. The lowest BCUT2D eigenvalue weighted by Gasteiger charge is -2.19. The Morgan fingerprint density at radius 2 is 1.82 bits per heavy atom. The number of carbonyl (C=O) groups excluding carboxylic acids is 3. The molecule has 1 N–H and O–H groups in total. The number of hydrogen-bond acceptors (Lipinski definition) is 5. The summed E-state index contributed by atoms with van der Waals surface area (Å²) in [5.41, 5.74) is 0.397. The number of halogens is 1. The van der Waals surface area contributed by atoms with E-state index in [2.05, 4.69) is 30.7 Å². The van der Waals surface area contributed by atoms with Crippen molar-refractivity contribution in [1.29, 1.82) is 0 Å². The summed E-state index contributed by atoms with van der Waals surface area (Å²) in [4.78, 5) is 35.5. The molecule has 0 aliphatic carbocycles. The Balaban J connectivity index is 2.83. The zero-order valence-electron chi connectivity index (χ0n) is 12.6. The van der Waals surface area contributed by atoms with Gasteiger partial charge in [0.1, 0.15) is 6.04 Å². The van der Waals surface area contributed by atoms with Gasteiger partial charge in [-0.2, -0.15) is 0 Å². The van der Waals surface area contributed by atoms with E-state index in [1.54, 1.807) is 31.2 Å². The molecular formula is C15H18BrNO5. The summed E-state index contributed by atoms with van der Waals surface area (Å²) in [5.74, 6) is -2.03. The molecule has 0 spiro atoms. The van der Waals surface area contributed by atoms with Crippen molar-refractivity contribution in [3.05, 3.63) is 34.3 Å². The van der Waals surface area contributed by atoms with Gasteiger partial charge in [-0.1, -0.05) is 28.9 Å². The summed E-state index contributed by atoms with van der Waals surface area (Å²) < 4.78 is 10.0. The molecular weight excluding hydrogens is 354 g/mol. The molecule has 0 heterocycles. The van der Waals surface area contributed by atoms with E-state index < -0.39 is 29.8 Å². The van der Waals surface area contributed by atoms with E-state index in [9.17, 15) is 14.4 Å². The minimum absolute atomic E-state index is 0.0963. The Morgan fingerprint density at radius 3 is 2.36 bits per heavy atom. The molecule has 0 fully saturated rings. The van der Waals surface area contributed by atoms with E-state index in [0.29, 0.717) is 5.56 Å². The van der Waals surface area contributed by atoms with Gasteiger partial charge < -0.3 is 14.8 Å². The summed E-state index contributed by atoms with van der Waals surface area (Å²) in [6.45, 7) is 1.62. The highest BCUT2D eigenvalue weighted by molar-refractivity contribution is 9.10. The van der Waals surface area contributed by atoms with Crippen molar-refractivity contribution >= 4 is 33.8 Å². The molecule has 6 nitrogen and oxygen atoms in total. The number of hydrogen-bond donors (Lipinski definition) is 1. The fourth-order valence-corrected chi connectivity index (χ4v) is 2.28. The Kier molecular flexibility index (Phi) is 7.04. The van der Waals surface area contributed by atoms with Crippen molar-refractivity contribution in [2.45, 2.75) is 19.4 Å². The monoisotopic (exact) mass is 371 g/mol. The highest BCUT2D eigenvalue weighted by Crippen LogP contribution is 2.13. The van der Waals surface area contributed by atoms with Crippen LogP contribution in [-0.4, -0.2) is 38.1 Å². The first-order valence-corrected chi connectivity index (χ1v) is 7.40. The van der Waals surface area contributed by atoms with E-state index in [0.717, 1.165) is 4.47 Å². The summed E-state index contributed by atoms with van der Waals surface area (Å²) in [6, 6.07) is 5.83. The Labute approximate surface area is 137 Å². The molecule has 0 unspecified atom stereocenters. The largest absolute Gasteiger partial charge is 0.469 e. The average Bonchev–Trinajstić information content (AvgIpc) is 2.52. The van der Waals surface area contributed by atoms with Gasteiger partial charge in [0.25, 0.3) is 5.91 Å². The van der Waals surface area contributed by atoms with Crippen LogP contribution in [0.1, 0.15) is 23.7 Å². The van der Waals surface area contributed by atoms with E-state index in [1.807, 2.05) is 0 Å². The predicted molar refractivity (Wildman–Crippen MR) is 83.2 cm³/mol. The minimum Gasteiger partial charge on any atom is -0.469 e. The van der Waals surface area contributed by atoms with Crippen LogP contribution in [0.5, 0.6) is 0 Å². The maximum atomic E-state index is 12.2. The van der Waals surface area contributed by atoms with Crippen LogP contribution in [0.2, 0.25) is 0 Å². The van der Waals surface area contributed by atoms with Crippen molar-refractivity contribution in [3.8, 4) is 0 Å². The second-order valence-electron chi connectivity index (χ2n) is 4.72. The highest BCUT2D eigenvalue weighted by atomic mass is 79.9. The van der Waals surface area contributed by atoms with Gasteiger partial charge in [0, 0.05) is 10.0 Å². The maximum Gasteiger partial charge on any atom is 0.328 e. The molecule has 0 bridgehead atoms. The van der Waals surface area contributed by atoms with Crippen molar-refractivity contribution in [2.24, 2.45) is 5.92 Å². The molecule has 22 heavy (non-hydrogen) atoms. The van der Waals surface area contributed by atoms with Gasteiger partial charge in [0.2, 0.25) is 0 Å². The normalized spacial score (nSPS) is 12.9. The van der Waals surface area contributed by atoms with Gasteiger partial charge in [-0.15, -0.1) is 0 Å². The molecule has 0 saturated carbocycles. The molecule has 0 aliphatic heterocycles. The number of carbonyl (C=O) groups is 3. The lowest BCUT2D eigenvalue weighted by Crippen LogP contribution is -2.43. The van der Waals surface area contributed by atoms with E-state index in [4.69, 9.17) is 0 Å². The number of benzene rings is 1. The molecule has 0 saturated heterocycles.